The van der Waals surface area contributed by atoms with Crippen LogP contribution in [0.2, 0.25) is 0 Å². The molecule has 0 bridgehead atoms. The predicted octanol–water partition coefficient (Wildman–Crippen LogP) is 1.03. The lowest BCUT2D eigenvalue weighted by molar-refractivity contribution is -0.128. The average molecular weight is 118 g/mol. The van der Waals surface area contributed by atoms with E-state index in [9.17, 15) is 9.18 Å². The van der Waals surface area contributed by atoms with Crippen molar-refractivity contribution in [2.45, 2.75) is 6.42 Å². The van der Waals surface area contributed by atoms with E-state index in [4.69, 9.17) is 0 Å². The van der Waals surface area contributed by atoms with Crippen LogP contribution in [0.15, 0.2) is 12.4 Å². The van der Waals surface area contributed by atoms with Crippen molar-refractivity contribution >= 4 is 6.47 Å². The summed E-state index contributed by atoms with van der Waals surface area (Å²) in [6, 6.07) is 0. The van der Waals surface area contributed by atoms with Gasteiger partial charge in [-0.25, -0.2) is 4.39 Å². The standard InChI is InChI=1S/C5H7FO2/c6-3-1-2-4-8-5-7/h1,3,5H,2,4H2. The Kier molecular flexibility index (Phi) is 5.48. The molecule has 0 aliphatic rings. The van der Waals surface area contributed by atoms with Gasteiger partial charge in [0, 0.05) is 6.42 Å². The molecule has 8 heavy (non-hydrogen) atoms. The molecule has 0 spiro atoms. The van der Waals surface area contributed by atoms with Crippen LogP contribution >= 0.6 is 0 Å². The van der Waals surface area contributed by atoms with Crippen LogP contribution in [0.1, 0.15) is 6.42 Å². The molecule has 0 radical (unpaired) electrons. The van der Waals surface area contributed by atoms with Gasteiger partial charge in [0.05, 0.1) is 12.9 Å². The third-order valence-corrected chi connectivity index (χ3v) is 0.559. The van der Waals surface area contributed by atoms with E-state index in [0.717, 1.165) is 0 Å². The zero-order valence-corrected chi connectivity index (χ0v) is 4.34. The summed E-state index contributed by atoms with van der Waals surface area (Å²) in [5, 5.41) is 0. The number of hydrogen-bond donors (Lipinski definition) is 0. The second kappa shape index (κ2) is 6.14. The molecule has 0 atom stereocenters. The Morgan fingerprint density at radius 2 is 2.38 bits per heavy atom. The van der Waals surface area contributed by atoms with Gasteiger partial charge < -0.3 is 4.74 Å². The summed E-state index contributed by atoms with van der Waals surface area (Å²) >= 11 is 0. The van der Waals surface area contributed by atoms with E-state index in [1.807, 2.05) is 0 Å². The quantitative estimate of drug-likeness (QED) is 0.407. The highest BCUT2D eigenvalue weighted by molar-refractivity contribution is 5.36. The van der Waals surface area contributed by atoms with Gasteiger partial charge in [0.1, 0.15) is 0 Å². The molecule has 0 aromatic rings. The van der Waals surface area contributed by atoms with E-state index in [0.29, 0.717) is 19.2 Å². The molecule has 0 N–H and O–H groups in total. The fourth-order valence-electron chi connectivity index (χ4n) is 0.247. The van der Waals surface area contributed by atoms with Crippen LogP contribution in [0.4, 0.5) is 4.39 Å². The maximum atomic E-state index is 11.1. The SMILES string of the molecule is O=COCCC=CF. The van der Waals surface area contributed by atoms with Crippen LogP contribution in [-0.4, -0.2) is 13.1 Å². The van der Waals surface area contributed by atoms with Crippen molar-refractivity contribution < 1.29 is 13.9 Å². The van der Waals surface area contributed by atoms with Gasteiger partial charge in [-0.1, -0.05) is 6.08 Å². The van der Waals surface area contributed by atoms with Crippen molar-refractivity contribution in [1.29, 1.82) is 0 Å². The van der Waals surface area contributed by atoms with Crippen molar-refractivity contribution in [3.05, 3.63) is 12.4 Å². The van der Waals surface area contributed by atoms with Gasteiger partial charge in [0.25, 0.3) is 6.47 Å². The van der Waals surface area contributed by atoms with Crippen molar-refractivity contribution in [3.63, 3.8) is 0 Å². The molecule has 0 unspecified atom stereocenters. The molecule has 0 saturated heterocycles. The van der Waals surface area contributed by atoms with Crippen LogP contribution in [0, 0.1) is 0 Å². The Morgan fingerprint density at radius 3 is 2.88 bits per heavy atom. The van der Waals surface area contributed by atoms with E-state index in [2.05, 4.69) is 4.74 Å². The highest BCUT2D eigenvalue weighted by Gasteiger charge is 1.77. The lowest BCUT2D eigenvalue weighted by Crippen LogP contribution is -1.87. The molecule has 46 valence electrons. The molecule has 0 aliphatic heterocycles. The summed E-state index contributed by atoms with van der Waals surface area (Å²) < 4.78 is 15.3. The molecule has 2 nitrogen and oxygen atoms in total. The van der Waals surface area contributed by atoms with Crippen LogP contribution in [0.5, 0.6) is 0 Å². The topological polar surface area (TPSA) is 26.3 Å². The van der Waals surface area contributed by atoms with Gasteiger partial charge in [-0.05, 0) is 0 Å². The Morgan fingerprint density at radius 1 is 1.62 bits per heavy atom. The maximum absolute atomic E-state index is 11.1. The first-order valence-corrected chi connectivity index (χ1v) is 2.22. The van der Waals surface area contributed by atoms with Gasteiger partial charge >= 0.3 is 0 Å². The first-order valence-electron chi connectivity index (χ1n) is 2.22. The third-order valence-electron chi connectivity index (χ3n) is 0.559. The molecule has 0 amide bonds. The highest BCUT2D eigenvalue weighted by Crippen LogP contribution is 1.82. The zero-order chi connectivity index (χ0) is 6.24. The Labute approximate surface area is 47.0 Å². The number of hydrogen-bond acceptors (Lipinski definition) is 2. The molecule has 0 aromatic carbocycles. The number of carbonyl (C=O) groups is 1. The molecule has 0 aliphatic carbocycles. The van der Waals surface area contributed by atoms with E-state index >= 15 is 0 Å². The van der Waals surface area contributed by atoms with Gasteiger partial charge in [-0.3, -0.25) is 4.79 Å². The van der Waals surface area contributed by atoms with Crippen LogP contribution < -0.4 is 0 Å². The van der Waals surface area contributed by atoms with Crippen LogP contribution in [0.25, 0.3) is 0 Å². The fraction of sp³-hybridized carbons (Fsp3) is 0.400. The lowest BCUT2D eigenvalue weighted by Gasteiger charge is -1.88. The van der Waals surface area contributed by atoms with Gasteiger partial charge in [-0.15, -0.1) is 0 Å². The molecular weight excluding hydrogens is 111 g/mol. The average Bonchev–Trinajstić information content (AvgIpc) is 1.81. The molecule has 0 heterocycles. The molecular formula is C5H7FO2. The van der Waals surface area contributed by atoms with Crippen molar-refractivity contribution in [3.8, 4) is 0 Å². The Balaban J connectivity index is 2.82. The predicted molar refractivity (Wildman–Crippen MR) is 26.9 cm³/mol. The fourth-order valence-corrected chi connectivity index (χ4v) is 0.247. The van der Waals surface area contributed by atoms with Crippen LogP contribution in [-0.2, 0) is 9.53 Å². The minimum atomic E-state index is 0.254. The summed E-state index contributed by atoms with van der Waals surface area (Å²) in [7, 11) is 0. The van der Waals surface area contributed by atoms with E-state index in [1.54, 1.807) is 0 Å². The number of ether oxygens (including phenoxy) is 1. The van der Waals surface area contributed by atoms with Gasteiger partial charge in [0.15, 0.2) is 0 Å². The van der Waals surface area contributed by atoms with E-state index in [-0.39, 0.29) is 6.61 Å². The molecule has 0 aromatic heterocycles. The van der Waals surface area contributed by atoms with Crippen LogP contribution in [0.3, 0.4) is 0 Å². The van der Waals surface area contributed by atoms with Crippen molar-refractivity contribution in [2.75, 3.05) is 6.61 Å². The summed E-state index contributed by atoms with van der Waals surface area (Å²) in [6.45, 7) is 0.593. The number of carbonyl (C=O) groups excluding carboxylic acids is 1. The highest BCUT2D eigenvalue weighted by atomic mass is 19.1. The van der Waals surface area contributed by atoms with Crippen molar-refractivity contribution in [1.82, 2.24) is 0 Å². The van der Waals surface area contributed by atoms with Crippen molar-refractivity contribution in [2.24, 2.45) is 0 Å². The minimum absolute atomic E-state index is 0.254. The Hall–Kier alpha value is -0.860. The summed E-state index contributed by atoms with van der Waals surface area (Å²) in [5.41, 5.74) is 0. The third kappa shape index (κ3) is 5.14. The minimum Gasteiger partial charge on any atom is -0.468 e. The summed E-state index contributed by atoms with van der Waals surface area (Å²) in [4.78, 5) is 9.43. The second-order valence-electron chi connectivity index (χ2n) is 1.12. The monoisotopic (exact) mass is 118 g/mol. The maximum Gasteiger partial charge on any atom is 0.293 e. The molecule has 0 saturated carbocycles. The largest absolute Gasteiger partial charge is 0.468 e. The smallest absolute Gasteiger partial charge is 0.293 e. The first kappa shape index (κ1) is 7.14. The summed E-state index contributed by atoms with van der Waals surface area (Å²) in [5.74, 6) is 0. The summed E-state index contributed by atoms with van der Waals surface area (Å²) in [6.07, 6.45) is 2.15. The molecule has 3 heteroatoms. The molecule has 0 fully saturated rings. The molecule has 0 rings (SSSR count). The van der Waals surface area contributed by atoms with Gasteiger partial charge in [-0.2, -0.15) is 0 Å². The normalized spacial score (nSPS) is 9.62. The second-order valence-corrected chi connectivity index (χ2v) is 1.12. The van der Waals surface area contributed by atoms with E-state index < -0.39 is 0 Å². The first-order chi connectivity index (χ1) is 3.91. The van der Waals surface area contributed by atoms with Gasteiger partial charge in [0.2, 0.25) is 0 Å². The number of halogens is 1. The number of rotatable bonds is 4. The zero-order valence-electron chi connectivity index (χ0n) is 4.34. The lowest BCUT2D eigenvalue weighted by atomic mass is 10.5. The van der Waals surface area contributed by atoms with E-state index in [1.165, 1.54) is 6.08 Å². The Bertz CT molecular complexity index is 80.5.